The molecule has 0 spiro atoms. The molecular formula is C18H30Br2N2. The van der Waals surface area contributed by atoms with Gasteiger partial charge in [-0.3, -0.25) is 4.90 Å². The predicted molar refractivity (Wildman–Crippen MR) is 94.8 cm³/mol. The van der Waals surface area contributed by atoms with Crippen molar-refractivity contribution in [1.29, 1.82) is 0 Å². The van der Waals surface area contributed by atoms with E-state index < -0.39 is 0 Å². The van der Waals surface area contributed by atoms with Crippen LogP contribution in [0.3, 0.4) is 0 Å². The first-order chi connectivity index (χ1) is 9.81. The van der Waals surface area contributed by atoms with Crippen LogP contribution in [-0.4, -0.2) is 18.5 Å². The van der Waals surface area contributed by atoms with Gasteiger partial charge in [0.1, 0.15) is 0 Å². The van der Waals surface area contributed by atoms with Crippen LogP contribution in [0, 0.1) is 0 Å². The first-order valence-corrected chi connectivity index (χ1v) is 8.15. The normalized spacial score (nSPS) is 18.2. The van der Waals surface area contributed by atoms with E-state index >= 15 is 0 Å². The largest absolute Gasteiger partial charge is 1.00 e. The Hall–Kier alpha value is -0.190. The van der Waals surface area contributed by atoms with Crippen LogP contribution < -0.4 is 21.5 Å². The monoisotopic (exact) mass is 432 g/mol. The van der Waals surface area contributed by atoms with Gasteiger partial charge in [0.25, 0.3) is 0 Å². The van der Waals surface area contributed by atoms with Crippen molar-refractivity contribution in [2.24, 2.45) is 0 Å². The van der Waals surface area contributed by atoms with Crippen LogP contribution >= 0.6 is 17.0 Å². The van der Waals surface area contributed by atoms with Gasteiger partial charge in [-0.1, -0.05) is 31.9 Å². The van der Waals surface area contributed by atoms with Crippen LogP contribution in [0.2, 0.25) is 0 Å². The number of aryl methyl sites for hydroxylation is 1. The maximum absolute atomic E-state index is 2.48. The molecule has 1 aromatic heterocycles. The quantitative estimate of drug-likeness (QED) is 0.358. The van der Waals surface area contributed by atoms with Crippen molar-refractivity contribution in [3.63, 3.8) is 0 Å². The minimum Gasteiger partial charge on any atom is -1.00 e. The zero-order valence-electron chi connectivity index (χ0n) is 13.9. The van der Waals surface area contributed by atoms with Crippen LogP contribution in [-0.2, 0) is 6.54 Å². The SMILES string of the molecule is Br.CCCCC=CCC[n+]1cccc(C2CCCN2C)c1.[Br-]. The zero-order valence-corrected chi connectivity index (χ0v) is 17.2. The van der Waals surface area contributed by atoms with E-state index in [9.17, 15) is 0 Å². The molecule has 1 fully saturated rings. The van der Waals surface area contributed by atoms with Crippen LogP contribution in [0.5, 0.6) is 0 Å². The first-order valence-electron chi connectivity index (χ1n) is 8.15. The summed E-state index contributed by atoms with van der Waals surface area (Å²) in [6.45, 7) is 4.57. The molecule has 126 valence electrons. The van der Waals surface area contributed by atoms with Crippen molar-refractivity contribution in [2.45, 2.75) is 58.0 Å². The standard InChI is InChI=1S/C18H29N2.2BrH/c1-3-4-5-6-7-8-14-20-15-9-11-17(16-20)18-12-10-13-19(18)2;;/h6-7,9,11,15-16,18H,3-5,8,10,12-14H2,1-2H3;2*1H/q+1;;/p-1. The third-order valence-electron chi connectivity index (χ3n) is 4.23. The number of hydrogen-bond acceptors (Lipinski definition) is 1. The number of aromatic nitrogens is 1. The molecule has 0 aromatic carbocycles. The van der Waals surface area contributed by atoms with Crippen LogP contribution in [0.1, 0.15) is 57.1 Å². The number of hydrogen-bond donors (Lipinski definition) is 0. The lowest BCUT2D eigenvalue weighted by atomic mass is 10.1. The number of allylic oxidation sites excluding steroid dienone is 2. The Morgan fingerprint density at radius 1 is 1.32 bits per heavy atom. The molecule has 0 aliphatic carbocycles. The lowest BCUT2D eigenvalue weighted by Gasteiger charge is -2.18. The van der Waals surface area contributed by atoms with Crippen molar-refractivity contribution >= 4 is 17.0 Å². The highest BCUT2D eigenvalue weighted by Gasteiger charge is 2.24. The Kier molecular flexibility index (Phi) is 12.2. The Balaban J connectivity index is 0.00000220. The van der Waals surface area contributed by atoms with Crippen molar-refractivity contribution in [2.75, 3.05) is 13.6 Å². The molecule has 1 aliphatic heterocycles. The van der Waals surface area contributed by atoms with Crippen molar-refractivity contribution < 1.29 is 21.5 Å². The predicted octanol–water partition coefficient (Wildman–Crippen LogP) is 1.46. The molecule has 1 aliphatic rings. The Morgan fingerprint density at radius 2 is 2.09 bits per heavy atom. The Bertz CT molecular complexity index is 435. The van der Waals surface area contributed by atoms with E-state index in [1.807, 2.05) is 0 Å². The summed E-state index contributed by atoms with van der Waals surface area (Å²) in [5.74, 6) is 0. The van der Waals surface area contributed by atoms with Gasteiger partial charge in [0.2, 0.25) is 0 Å². The van der Waals surface area contributed by atoms with E-state index in [-0.39, 0.29) is 34.0 Å². The summed E-state index contributed by atoms with van der Waals surface area (Å²) in [6, 6.07) is 5.10. The van der Waals surface area contributed by atoms with E-state index in [0.717, 1.165) is 13.0 Å². The second-order valence-electron chi connectivity index (χ2n) is 5.92. The third kappa shape index (κ3) is 6.93. The van der Waals surface area contributed by atoms with Gasteiger partial charge >= 0.3 is 0 Å². The summed E-state index contributed by atoms with van der Waals surface area (Å²) < 4.78 is 2.34. The van der Waals surface area contributed by atoms with Crippen LogP contribution in [0.4, 0.5) is 0 Å². The molecule has 0 amide bonds. The van der Waals surface area contributed by atoms with Crippen molar-refractivity contribution in [1.82, 2.24) is 4.90 Å². The fourth-order valence-corrected chi connectivity index (χ4v) is 2.99. The van der Waals surface area contributed by atoms with Crippen molar-refractivity contribution in [3.8, 4) is 0 Å². The van der Waals surface area contributed by atoms with E-state index in [0.29, 0.717) is 6.04 Å². The summed E-state index contributed by atoms with van der Waals surface area (Å²) in [5.41, 5.74) is 1.47. The lowest BCUT2D eigenvalue weighted by molar-refractivity contribution is -0.696. The van der Waals surface area contributed by atoms with Gasteiger partial charge in [-0.2, -0.15) is 0 Å². The molecular weight excluding hydrogens is 404 g/mol. The summed E-state index contributed by atoms with van der Waals surface area (Å²) >= 11 is 0. The van der Waals surface area contributed by atoms with Gasteiger partial charge in [-0.15, -0.1) is 17.0 Å². The molecule has 2 heterocycles. The highest BCUT2D eigenvalue weighted by molar-refractivity contribution is 8.93. The molecule has 0 radical (unpaired) electrons. The topological polar surface area (TPSA) is 7.12 Å². The first kappa shape index (κ1) is 21.8. The molecule has 0 saturated carbocycles. The van der Waals surface area contributed by atoms with E-state index in [4.69, 9.17) is 0 Å². The Labute approximate surface area is 157 Å². The molecule has 0 bridgehead atoms. The van der Waals surface area contributed by atoms with Crippen molar-refractivity contribution in [3.05, 3.63) is 42.2 Å². The molecule has 1 atom stereocenters. The fourth-order valence-electron chi connectivity index (χ4n) is 2.99. The maximum atomic E-state index is 2.48. The summed E-state index contributed by atoms with van der Waals surface area (Å²) in [4.78, 5) is 2.48. The zero-order chi connectivity index (χ0) is 14.2. The molecule has 1 unspecified atom stereocenters. The molecule has 2 nitrogen and oxygen atoms in total. The maximum Gasteiger partial charge on any atom is 0.173 e. The second kappa shape index (κ2) is 12.3. The number of likely N-dealkylation sites (tertiary alicyclic amines) is 1. The summed E-state index contributed by atoms with van der Waals surface area (Å²) in [5, 5.41) is 0. The minimum absolute atomic E-state index is 0. The average Bonchev–Trinajstić information content (AvgIpc) is 2.89. The van der Waals surface area contributed by atoms with Gasteiger partial charge in [-0.25, -0.2) is 4.57 Å². The third-order valence-corrected chi connectivity index (χ3v) is 4.23. The van der Waals surface area contributed by atoms with Gasteiger partial charge < -0.3 is 17.0 Å². The van der Waals surface area contributed by atoms with E-state index in [2.05, 4.69) is 60.1 Å². The molecule has 4 heteroatoms. The molecule has 1 saturated heterocycles. The number of nitrogens with zero attached hydrogens (tertiary/aromatic N) is 2. The number of unbranched alkanes of at least 4 members (excludes halogenated alkanes) is 2. The van der Waals surface area contributed by atoms with Gasteiger partial charge in [0, 0.05) is 24.1 Å². The van der Waals surface area contributed by atoms with E-state index in [1.165, 1.54) is 44.2 Å². The van der Waals surface area contributed by atoms with Gasteiger partial charge in [-0.05, 0) is 38.9 Å². The number of halogens is 2. The van der Waals surface area contributed by atoms with E-state index in [1.54, 1.807) is 0 Å². The summed E-state index contributed by atoms with van der Waals surface area (Å²) in [7, 11) is 2.24. The highest BCUT2D eigenvalue weighted by Crippen LogP contribution is 2.29. The smallest absolute Gasteiger partial charge is 0.173 e. The molecule has 2 rings (SSSR count). The molecule has 22 heavy (non-hydrogen) atoms. The van der Waals surface area contributed by atoms with Crippen LogP contribution in [0.25, 0.3) is 0 Å². The number of pyridine rings is 1. The molecule has 1 aromatic rings. The fraction of sp³-hybridized carbons (Fsp3) is 0.611. The number of rotatable bonds is 7. The summed E-state index contributed by atoms with van der Waals surface area (Å²) in [6.07, 6.45) is 16.8. The lowest BCUT2D eigenvalue weighted by Crippen LogP contribution is -3.00. The Morgan fingerprint density at radius 3 is 2.77 bits per heavy atom. The molecule has 0 N–H and O–H groups in total. The second-order valence-corrected chi connectivity index (χ2v) is 5.92. The van der Waals surface area contributed by atoms with Gasteiger partial charge in [0.15, 0.2) is 18.9 Å². The minimum atomic E-state index is 0. The van der Waals surface area contributed by atoms with Crippen LogP contribution in [0.15, 0.2) is 36.7 Å². The highest BCUT2D eigenvalue weighted by atomic mass is 79.9. The van der Waals surface area contributed by atoms with Gasteiger partial charge in [0.05, 0.1) is 0 Å². The average molecular weight is 434 g/mol.